The Kier molecular flexibility index (Phi) is 9.56. The average molecular weight is 417 g/mol. The molecule has 0 fully saturated rings. The molecule has 0 aliphatic carbocycles. The molecule has 0 aliphatic rings. The van der Waals surface area contributed by atoms with Crippen LogP contribution in [-0.2, 0) is 19.4 Å². The quantitative estimate of drug-likeness (QED) is 0.269. The van der Waals surface area contributed by atoms with Crippen molar-refractivity contribution < 1.29 is 4.74 Å². The SMILES string of the molecule is CCCCCCCCCc1ccc(-c2cnc(OCc3ccc(CC)cc3)cn2)cc1. The molecule has 0 bridgehead atoms. The second-order valence-corrected chi connectivity index (χ2v) is 8.27. The topological polar surface area (TPSA) is 35.0 Å². The fraction of sp³-hybridized carbons (Fsp3) is 0.429. The van der Waals surface area contributed by atoms with E-state index in [2.05, 4.69) is 72.3 Å². The van der Waals surface area contributed by atoms with Gasteiger partial charge in [0.25, 0.3) is 0 Å². The van der Waals surface area contributed by atoms with Crippen LogP contribution in [0.1, 0.15) is 75.5 Å². The Morgan fingerprint density at radius 2 is 1.29 bits per heavy atom. The lowest BCUT2D eigenvalue weighted by Crippen LogP contribution is -1.98. The minimum atomic E-state index is 0.505. The van der Waals surface area contributed by atoms with E-state index in [-0.39, 0.29) is 0 Å². The van der Waals surface area contributed by atoms with Crippen molar-refractivity contribution in [2.24, 2.45) is 0 Å². The molecule has 3 nitrogen and oxygen atoms in total. The predicted octanol–water partition coefficient (Wildman–Crippen LogP) is 7.58. The molecule has 0 atom stereocenters. The van der Waals surface area contributed by atoms with E-state index in [1.807, 2.05) is 0 Å². The molecule has 0 aliphatic heterocycles. The van der Waals surface area contributed by atoms with Crippen molar-refractivity contribution in [3.8, 4) is 17.1 Å². The van der Waals surface area contributed by atoms with E-state index in [1.165, 1.54) is 56.1 Å². The molecule has 1 aromatic heterocycles. The van der Waals surface area contributed by atoms with Gasteiger partial charge in [0.1, 0.15) is 6.61 Å². The number of nitrogens with zero attached hydrogens (tertiary/aromatic N) is 2. The van der Waals surface area contributed by atoms with Crippen molar-refractivity contribution in [3.05, 3.63) is 77.6 Å². The van der Waals surface area contributed by atoms with Crippen LogP contribution in [0.3, 0.4) is 0 Å². The third kappa shape index (κ3) is 7.82. The third-order valence-electron chi connectivity index (χ3n) is 5.76. The molecule has 0 saturated heterocycles. The Balaban J connectivity index is 1.43. The highest BCUT2D eigenvalue weighted by atomic mass is 16.5. The van der Waals surface area contributed by atoms with Gasteiger partial charge in [-0.3, -0.25) is 0 Å². The van der Waals surface area contributed by atoms with E-state index < -0.39 is 0 Å². The molecule has 0 N–H and O–H groups in total. The Bertz CT molecular complexity index is 870. The van der Waals surface area contributed by atoms with Gasteiger partial charge in [-0.05, 0) is 36.0 Å². The molecule has 3 heteroatoms. The highest BCUT2D eigenvalue weighted by molar-refractivity contribution is 5.58. The number of ether oxygens (including phenoxy) is 1. The Morgan fingerprint density at radius 3 is 1.94 bits per heavy atom. The number of hydrogen-bond donors (Lipinski definition) is 0. The first-order valence-electron chi connectivity index (χ1n) is 11.9. The summed E-state index contributed by atoms with van der Waals surface area (Å²) in [7, 11) is 0. The molecule has 31 heavy (non-hydrogen) atoms. The molecule has 0 saturated carbocycles. The van der Waals surface area contributed by atoms with E-state index in [1.54, 1.807) is 12.4 Å². The second-order valence-electron chi connectivity index (χ2n) is 8.27. The van der Waals surface area contributed by atoms with Gasteiger partial charge in [0.2, 0.25) is 5.88 Å². The van der Waals surface area contributed by atoms with Crippen LogP contribution >= 0.6 is 0 Å². The monoisotopic (exact) mass is 416 g/mol. The zero-order valence-electron chi connectivity index (χ0n) is 19.1. The van der Waals surface area contributed by atoms with Gasteiger partial charge in [-0.25, -0.2) is 9.97 Å². The minimum Gasteiger partial charge on any atom is -0.472 e. The van der Waals surface area contributed by atoms with Crippen LogP contribution in [0, 0.1) is 0 Å². The molecule has 3 rings (SSSR count). The van der Waals surface area contributed by atoms with Crippen molar-refractivity contribution in [1.82, 2.24) is 9.97 Å². The molecule has 2 aromatic carbocycles. The zero-order chi connectivity index (χ0) is 21.7. The number of rotatable bonds is 13. The molecular weight excluding hydrogens is 380 g/mol. The van der Waals surface area contributed by atoms with Crippen LogP contribution in [0.5, 0.6) is 5.88 Å². The summed E-state index contributed by atoms with van der Waals surface area (Å²) in [6, 6.07) is 17.2. The van der Waals surface area contributed by atoms with Gasteiger partial charge < -0.3 is 4.74 Å². The Hall–Kier alpha value is -2.68. The largest absolute Gasteiger partial charge is 0.472 e. The van der Waals surface area contributed by atoms with Crippen molar-refractivity contribution in [1.29, 1.82) is 0 Å². The molecule has 3 aromatic rings. The molecule has 0 spiro atoms. The van der Waals surface area contributed by atoms with E-state index in [4.69, 9.17) is 4.74 Å². The van der Waals surface area contributed by atoms with Gasteiger partial charge in [-0.2, -0.15) is 0 Å². The number of aromatic nitrogens is 2. The van der Waals surface area contributed by atoms with Crippen LogP contribution < -0.4 is 4.74 Å². The summed E-state index contributed by atoms with van der Waals surface area (Å²) in [5, 5.41) is 0. The summed E-state index contributed by atoms with van der Waals surface area (Å²) >= 11 is 0. The van der Waals surface area contributed by atoms with Gasteiger partial charge in [0, 0.05) is 5.56 Å². The van der Waals surface area contributed by atoms with Crippen molar-refractivity contribution in [3.63, 3.8) is 0 Å². The molecule has 0 unspecified atom stereocenters. The van der Waals surface area contributed by atoms with Crippen LogP contribution in [0.4, 0.5) is 0 Å². The maximum Gasteiger partial charge on any atom is 0.232 e. The summed E-state index contributed by atoms with van der Waals surface area (Å²) in [5.41, 5.74) is 5.85. The highest BCUT2D eigenvalue weighted by Gasteiger charge is 2.03. The van der Waals surface area contributed by atoms with E-state index in [0.29, 0.717) is 12.5 Å². The smallest absolute Gasteiger partial charge is 0.232 e. The van der Waals surface area contributed by atoms with Gasteiger partial charge >= 0.3 is 0 Å². The average Bonchev–Trinajstić information content (AvgIpc) is 2.83. The second kappa shape index (κ2) is 12.9. The molecule has 0 amide bonds. The van der Waals surface area contributed by atoms with Crippen LogP contribution in [-0.4, -0.2) is 9.97 Å². The number of aryl methyl sites for hydroxylation is 2. The normalized spacial score (nSPS) is 10.9. The molecule has 164 valence electrons. The Labute approximate surface area is 187 Å². The fourth-order valence-corrected chi connectivity index (χ4v) is 3.70. The van der Waals surface area contributed by atoms with Gasteiger partial charge in [-0.1, -0.05) is 101 Å². The summed E-state index contributed by atoms with van der Waals surface area (Å²) in [5.74, 6) is 0.555. The maximum atomic E-state index is 5.79. The lowest BCUT2D eigenvalue weighted by molar-refractivity contribution is 0.292. The minimum absolute atomic E-state index is 0.505. The van der Waals surface area contributed by atoms with Crippen molar-refractivity contribution in [2.45, 2.75) is 78.2 Å². The summed E-state index contributed by atoms with van der Waals surface area (Å²) in [4.78, 5) is 8.97. The number of unbranched alkanes of at least 4 members (excludes halogenated alkanes) is 6. The first-order chi connectivity index (χ1) is 15.3. The van der Waals surface area contributed by atoms with Crippen LogP contribution in [0.2, 0.25) is 0 Å². The maximum absolute atomic E-state index is 5.79. The zero-order valence-corrected chi connectivity index (χ0v) is 19.1. The van der Waals surface area contributed by atoms with E-state index in [9.17, 15) is 0 Å². The Morgan fingerprint density at radius 1 is 0.645 bits per heavy atom. The van der Waals surface area contributed by atoms with E-state index in [0.717, 1.165) is 29.7 Å². The van der Waals surface area contributed by atoms with Gasteiger partial charge in [-0.15, -0.1) is 0 Å². The standard InChI is InChI=1S/C28H36N2O/c1-3-5-6-7-8-9-10-11-24-16-18-26(19-17-24)27-20-30-28(21-29-27)31-22-25-14-12-23(4-2)13-15-25/h12-21H,3-11,22H2,1-2H3. The third-order valence-corrected chi connectivity index (χ3v) is 5.76. The van der Waals surface area contributed by atoms with Crippen LogP contribution in [0.25, 0.3) is 11.3 Å². The molecule has 0 radical (unpaired) electrons. The number of hydrogen-bond acceptors (Lipinski definition) is 3. The molecule has 1 heterocycles. The fourth-order valence-electron chi connectivity index (χ4n) is 3.70. The molecular formula is C28H36N2O. The highest BCUT2D eigenvalue weighted by Crippen LogP contribution is 2.20. The first kappa shape index (κ1) is 23.0. The van der Waals surface area contributed by atoms with Crippen molar-refractivity contribution in [2.75, 3.05) is 0 Å². The first-order valence-corrected chi connectivity index (χ1v) is 11.9. The summed E-state index contributed by atoms with van der Waals surface area (Å²) < 4.78 is 5.79. The van der Waals surface area contributed by atoms with Gasteiger partial charge in [0.15, 0.2) is 0 Å². The van der Waals surface area contributed by atoms with Crippen molar-refractivity contribution >= 4 is 0 Å². The van der Waals surface area contributed by atoms with Gasteiger partial charge in [0.05, 0.1) is 18.1 Å². The number of benzene rings is 2. The van der Waals surface area contributed by atoms with Crippen LogP contribution in [0.15, 0.2) is 60.9 Å². The summed E-state index contributed by atoms with van der Waals surface area (Å²) in [6.07, 6.45) is 15.2. The lowest BCUT2D eigenvalue weighted by Gasteiger charge is -2.07. The summed E-state index contributed by atoms with van der Waals surface area (Å²) in [6.45, 7) is 4.93. The van der Waals surface area contributed by atoms with E-state index >= 15 is 0 Å². The lowest BCUT2D eigenvalue weighted by atomic mass is 10.0. The predicted molar refractivity (Wildman–Crippen MR) is 129 cm³/mol.